The van der Waals surface area contributed by atoms with Crippen LogP contribution in [0.2, 0.25) is 0 Å². The number of nitrogens with two attached hydrogens (primary N) is 1. The standard InChI is InChI=1S/C15H22BrFN2/c1-10(18)12-4-3-7-19(9-12)11(2)14-6-5-13(16)8-15(14)17/h5-6,8,10-12H,3-4,7,9,18H2,1-2H3. The molecule has 1 heterocycles. The van der Waals surface area contributed by atoms with E-state index in [-0.39, 0.29) is 17.9 Å². The summed E-state index contributed by atoms with van der Waals surface area (Å²) in [6.45, 7) is 6.14. The Kier molecular flexibility index (Phi) is 4.98. The van der Waals surface area contributed by atoms with Gasteiger partial charge >= 0.3 is 0 Å². The van der Waals surface area contributed by atoms with Crippen molar-refractivity contribution in [2.24, 2.45) is 11.7 Å². The van der Waals surface area contributed by atoms with Crippen LogP contribution in [0.25, 0.3) is 0 Å². The lowest BCUT2D eigenvalue weighted by Crippen LogP contribution is -2.43. The van der Waals surface area contributed by atoms with Gasteiger partial charge in [0, 0.05) is 28.7 Å². The Morgan fingerprint density at radius 3 is 2.79 bits per heavy atom. The van der Waals surface area contributed by atoms with Gasteiger partial charge in [0.25, 0.3) is 0 Å². The maximum Gasteiger partial charge on any atom is 0.129 e. The smallest absolute Gasteiger partial charge is 0.129 e. The van der Waals surface area contributed by atoms with Crippen LogP contribution in [0.15, 0.2) is 22.7 Å². The lowest BCUT2D eigenvalue weighted by Gasteiger charge is -2.38. The molecule has 1 aromatic rings. The molecule has 0 bridgehead atoms. The van der Waals surface area contributed by atoms with Gasteiger partial charge < -0.3 is 5.73 Å². The van der Waals surface area contributed by atoms with Crippen LogP contribution >= 0.6 is 15.9 Å². The largest absolute Gasteiger partial charge is 0.328 e. The number of piperidine rings is 1. The Morgan fingerprint density at radius 1 is 1.42 bits per heavy atom. The molecule has 1 saturated heterocycles. The van der Waals surface area contributed by atoms with E-state index in [4.69, 9.17) is 5.73 Å². The Bertz CT molecular complexity index is 436. The summed E-state index contributed by atoms with van der Waals surface area (Å²) < 4.78 is 14.8. The zero-order valence-corrected chi connectivity index (χ0v) is 13.2. The van der Waals surface area contributed by atoms with E-state index in [1.54, 1.807) is 6.07 Å². The molecule has 0 radical (unpaired) electrons. The third-order valence-corrected chi connectivity index (χ3v) is 4.69. The number of rotatable bonds is 3. The monoisotopic (exact) mass is 328 g/mol. The number of hydrogen-bond donors (Lipinski definition) is 1. The Hall–Kier alpha value is -0.450. The van der Waals surface area contributed by atoms with Crippen molar-refractivity contribution in [2.75, 3.05) is 13.1 Å². The molecular formula is C15H22BrFN2. The highest BCUT2D eigenvalue weighted by Gasteiger charge is 2.27. The third-order valence-electron chi connectivity index (χ3n) is 4.19. The average molecular weight is 329 g/mol. The van der Waals surface area contributed by atoms with Gasteiger partial charge in [-0.1, -0.05) is 22.0 Å². The maximum atomic E-state index is 14.0. The highest BCUT2D eigenvalue weighted by atomic mass is 79.9. The second kappa shape index (κ2) is 6.33. The quantitative estimate of drug-likeness (QED) is 0.916. The minimum Gasteiger partial charge on any atom is -0.328 e. The fourth-order valence-electron chi connectivity index (χ4n) is 2.86. The van der Waals surface area contributed by atoms with E-state index in [1.807, 2.05) is 12.1 Å². The molecule has 0 spiro atoms. The predicted octanol–water partition coefficient (Wildman–Crippen LogP) is 3.71. The fraction of sp³-hybridized carbons (Fsp3) is 0.600. The van der Waals surface area contributed by atoms with E-state index in [1.165, 1.54) is 6.42 Å². The zero-order chi connectivity index (χ0) is 14.0. The van der Waals surface area contributed by atoms with E-state index in [0.29, 0.717) is 5.92 Å². The molecule has 1 aromatic carbocycles. The minimum atomic E-state index is -0.134. The van der Waals surface area contributed by atoms with E-state index in [9.17, 15) is 4.39 Å². The van der Waals surface area contributed by atoms with Crippen molar-refractivity contribution in [1.82, 2.24) is 4.90 Å². The summed E-state index contributed by atoms with van der Waals surface area (Å²) in [6.07, 6.45) is 2.33. The fourth-order valence-corrected chi connectivity index (χ4v) is 3.19. The predicted molar refractivity (Wildman–Crippen MR) is 80.5 cm³/mol. The minimum absolute atomic E-state index is 0.106. The van der Waals surface area contributed by atoms with Crippen molar-refractivity contribution in [1.29, 1.82) is 0 Å². The topological polar surface area (TPSA) is 29.3 Å². The van der Waals surface area contributed by atoms with E-state index < -0.39 is 0 Å². The van der Waals surface area contributed by atoms with Gasteiger partial charge in [0.15, 0.2) is 0 Å². The second-order valence-corrected chi connectivity index (χ2v) is 6.51. The molecule has 3 atom stereocenters. The lowest BCUT2D eigenvalue weighted by molar-refractivity contribution is 0.120. The van der Waals surface area contributed by atoms with Gasteiger partial charge in [0.2, 0.25) is 0 Å². The van der Waals surface area contributed by atoms with Crippen LogP contribution in [0.1, 0.15) is 38.3 Å². The van der Waals surface area contributed by atoms with Gasteiger partial charge in [0.1, 0.15) is 5.82 Å². The van der Waals surface area contributed by atoms with Crippen molar-refractivity contribution >= 4 is 15.9 Å². The van der Waals surface area contributed by atoms with Gasteiger partial charge in [-0.05, 0) is 51.3 Å². The third kappa shape index (κ3) is 3.56. The van der Waals surface area contributed by atoms with E-state index in [0.717, 1.165) is 29.5 Å². The first-order valence-corrected chi connectivity index (χ1v) is 7.73. The number of halogens is 2. The molecule has 1 fully saturated rings. The summed E-state index contributed by atoms with van der Waals surface area (Å²) in [5.74, 6) is 0.388. The van der Waals surface area contributed by atoms with Crippen molar-refractivity contribution < 1.29 is 4.39 Å². The first-order chi connectivity index (χ1) is 8.99. The summed E-state index contributed by atoms with van der Waals surface area (Å²) in [7, 11) is 0. The number of benzene rings is 1. The van der Waals surface area contributed by atoms with E-state index >= 15 is 0 Å². The van der Waals surface area contributed by atoms with Gasteiger partial charge in [0.05, 0.1) is 0 Å². The van der Waals surface area contributed by atoms with Crippen molar-refractivity contribution in [2.45, 2.75) is 38.8 Å². The molecule has 1 aliphatic rings. The van der Waals surface area contributed by atoms with Crippen LogP contribution in [-0.2, 0) is 0 Å². The van der Waals surface area contributed by atoms with Crippen LogP contribution in [0, 0.1) is 11.7 Å². The highest BCUT2D eigenvalue weighted by molar-refractivity contribution is 9.10. The molecule has 2 rings (SSSR count). The van der Waals surface area contributed by atoms with Gasteiger partial charge in [-0.2, -0.15) is 0 Å². The Morgan fingerprint density at radius 2 is 2.16 bits per heavy atom. The summed E-state index contributed by atoms with van der Waals surface area (Å²) in [5, 5.41) is 0. The van der Waals surface area contributed by atoms with Crippen LogP contribution in [0.4, 0.5) is 4.39 Å². The SMILES string of the molecule is CC(N)C1CCCN(C(C)c2ccc(Br)cc2F)C1. The molecule has 106 valence electrons. The molecule has 19 heavy (non-hydrogen) atoms. The van der Waals surface area contributed by atoms with Crippen LogP contribution < -0.4 is 5.73 Å². The second-order valence-electron chi connectivity index (χ2n) is 5.60. The summed E-state index contributed by atoms with van der Waals surface area (Å²) in [6, 6.07) is 5.64. The number of nitrogens with zero attached hydrogens (tertiary/aromatic N) is 1. The van der Waals surface area contributed by atoms with Crippen molar-refractivity contribution in [3.8, 4) is 0 Å². The number of likely N-dealkylation sites (tertiary alicyclic amines) is 1. The highest BCUT2D eigenvalue weighted by Crippen LogP contribution is 2.30. The average Bonchev–Trinajstić information content (AvgIpc) is 2.38. The first-order valence-electron chi connectivity index (χ1n) is 6.93. The Balaban J connectivity index is 2.12. The lowest BCUT2D eigenvalue weighted by atomic mass is 9.90. The van der Waals surface area contributed by atoms with Crippen molar-refractivity contribution in [3.63, 3.8) is 0 Å². The van der Waals surface area contributed by atoms with Crippen LogP contribution in [0.3, 0.4) is 0 Å². The number of hydrogen-bond acceptors (Lipinski definition) is 2. The molecule has 0 saturated carbocycles. The zero-order valence-electron chi connectivity index (χ0n) is 11.6. The molecule has 2 N–H and O–H groups in total. The molecule has 0 amide bonds. The first kappa shape index (κ1) is 14.9. The van der Waals surface area contributed by atoms with Crippen LogP contribution in [-0.4, -0.2) is 24.0 Å². The van der Waals surface area contributed by atoms with Gasteiger partial charge in [-0.15, -0.1) is 0 Å². The molecular weight excluding hydrogens is 307 g/mol. The molecule has 4 heteroatoms. The summed E-state index contributed by atoms with van der Waals surface area (Å²) in [4.78, 5) is 2.35. The molecule has 0 aliphatic carbocycles. The van der Waals surface area contributed by atoms with Crippen LogP contribution in [0.5, 0.6) is 0 Å². The molecule has 3 unspecified atom stereocenters. The normalized spacial score (nSPS) is 24.2. The Labute approximate surface area is 123 Å². The summed E-state index contributed by atoms with van der Waals surface area (Å²) in [5.41, 5.74) is 6.78. The van der Waals surface area contributed by atoms with E-state index in [2.05, 4.69) is 34.7 Å². The summed E-state index contributed by atoms with van der Waals surface area (Å²) >= 11 is 3.30. The molecule has 2 nitrogen and oxygen atoms in total. The molecule has 0 aromatic heterocycles. The van der Waals surface area contributed by atoms with Gasteiger partial charge in [-0.3, -0.25) is 4.90 Å². The maximum absolute atomic E-state index is 14.0. The van der Waals surface area contributed by atoms with Crippen molar-refractivity contribution in [3.05, 3.63) is 34.1 Å². The van der Waals surface area contributed by atoms with Gasteiger partial charge in [-0.25, -0.2) is 4.39 Å². The molecule has 1 aliphatic heterocycles.